The number of hydrogen-bond acceptors (Lipinski definition) is 5. The molecule has 20 heavy (non-hydrogen) atoms. The summed E-state index contributed by atoms with van der Waals surface area (Å²) in [6.45, 7) is 1.82. The van der Waals surface area contributed by atoms with Gasteiger partial charge in [-0.2, -0.15) is 0 Å². The molecule has 0 unspecified atom stereocenters. The largest absolute Gasteiger partial charge is 0.398 e. The molecule has 5 nitrogen and oxygen atoms in total. The van der Waals surface area contributed by atoms with E-state index in [0.29, 0.717) is 10.6 Å². The Labute approximate surface area is 121 Å². The van der Waals surface area contributed by atoms with Gasteiger partial charge in [0.05, 0.1) is 15.5 Å². The van der Waals surface area contributed by atoms with Gasteiger partial charge in [0.1, 0.15) is 0 Å². The Morgan fingerprint density at radius 2 is 1.95 bits per heavy atom. The fraction of sp³-hybridized carbons (Fsp3) is 0.154. The van der Waals surface area contributed by atoms with Crippen LogP contribution in [-0.2, 0) is 9.84 Å². The number of carbonyl (C=O) groups is 1. The number of aryl methyl sites for hydroxylation is 1. The zero-order valence-electron chi connectivity index (χ0n) is 11.0. The number of carbonyl (C=O) groups excluding carboxylic acids is 1. The molecule has 0 atom stereocenters. The van der Waals surface area contributed by atoms with Crippen LogP contribution in [0.1, 0.15) is 14.5 Å². The molecule has 3 N–H and O–H groups in total. The van der Waals surface area contributed by atoms with Crippen LogP contribution in [0.15, 0.2) is 35.2 Å². The summed E-state index contributed by atoms with van der Waals surface area (Å²) in [6.07, 6.45) is 1.10. The Kier molecular flexibility index (Phi) is 3.82. The number of nitrogen functional groups attached to an aromatic ring is 1. The van der Waals surface area contributed by atoms with E-state index in [0.717, 1.165) is 11.1 Å². The van der Waals surface area contributed by atoms with E-state index < -0.39 is 9.84 Å². The number of rotatable bonds is 3. The zero-order valence-corrected chi connectivity index (χ0v) is 12.6. The lowest BCUT2D eigenvalue weighted by atomic mass is 10.3. The topological polar surface area (TPSA) is 89.3 Å². The molecular formula is C13H14N2O3S2. The summed E-state index contributed by atoms with van der Waals surface area (Å²) in [6, 6.07) is 7.87. The molecule has 2 aromatic rings. The number of anilines is 2. The summed E-state index contributed by atoms with van der Waals surface area (Å²) in [5.41, 5.74) is 6.53. The predicted octanol–water partition coefficient (Wildman–Crippen LogP) is 2.29. The monoisotopic (exact) mass is 310 g/mol. The van der Waals surface area contributed by atoms with Crippen LogP contribution in [-0.4, -0.2) is 20.6 Å². The minimum Gasteiger partial charge on any atom is -0.398 e. The molecule has 0 radical (unpaired) electrons. The first-order valence-electron chi connectivity index (χ1n) is 5.75. The quantitative estimate of drug-likeness (QED) is 0.910. The molecule has 0 aliphatic carbocycles. The van der Waals surface area contributed by atoms with Crippen LogP contribution in [0.5, 0.6) is 0 Å². The zero-order chi connectivity index (χ0) is 14.9. The van der Waals surface area contributed by atoms with E-state index in [1.165, 1.54) is 17.4 Å². The summed E-state index contributed by atoms with van der Waals surface area (Å²) in [5, 5.41) is 2.61. The van der Waals surface area contributed by atoms with Crippen LogP contribution in [0.3, 0.4) is 0 Å². The van der Waals surface area contributed by atoms with Crippen molar-refractivity contribution >= 4 is 38.5 Å². The third kappa shape index (κ3) is 3.00. The smallest absolute Gasteiger partial charge is 0.265 e. The van der Waals surface area contributed by atoms with E-state index in [9.17, 15) is 13.2 Å². The normalized spacial score (nSPS) is 11.3. The molecule has 1 heterocycles. The molecule has 0 aliphatic rings. The van der Waals surface area contributed by atoms with Crippen molar-refractivity contribution < 1.29 is 13.2 Å². The number of nitrogens with two attached hydrogens (primary N) is 1. The maximum Gasteiger partial charge on any atom is 0.265 e. The summed E-state index contributed by atoms with van der Waals surface area (Å²) in [4.78, 5) is 13.5. The fourth-order valence-electron chi connectivity index (χ4n) is 1.69. The summed E-state index contributed by atoms with van der Waals surface area (Å²) < 4.78 is 23.3. The number of para-hydroxylation sites is 1. The lowest BCUT2D eigenvalue weighted by Gasteiger charge is -2.08. The first kappa shape index (κ1) is 14.5. The second kappa shape index (κ2) is 5.26. The summed E-state index contributed by atoms with van der Waals surface area (Å²) >= 11 is 1.27. The fourth-order valence-corrected chi connectivity index (χ4v) is 3.37. The number of hydrogen-bond donors (Lipinski definition) is 2. The second-order valence-corrected chi connectivity index (χ2v) is 7.59. The van der Waals surface area contributed by atoms with Crippen molar-refractivity contribution in [2.24, 2.45) is 0 Å². The van der Waals surface area contributed by atoms with Gasteiger partial charge in [0.2, 0.25) is 0 Å². The molecule has 0 saturated carbocycles. The lowest BCUT2D eigenvalue weighted by Crippen LogP contribution is -2.13. The van der Waals surface area contributed by atoms with Crippen molar-refractivity contribution in [3.63, 3.8) is 0 Å². The Hall–Kier alpha value is -1.86. The second-order valence-electron chi connectivity index (χ2n) is 4.34. The molecule has 0 aliphatic heterocycles. The predicted molar refractivity (Wildman–Crippen MR) is 81.0 cm³/mol. The maximum absolute atomic E-state index is 12.1. The number of benzene rings is 1. The van der Waals surface area contributed by atoms with E-state index in [2.05, 4.69) is 5.32 Å². The van der Waals surface area contributed by atoms with Gasteiger partial charge in [-0.3, -0.25) is 4.79 Å². The van der Waals surface area contributed by atoms with Crippen LogP contribution < -0.4 is 11.1 Å². The maximum atomic E-state index is 12.1. The van der Waals surface area contributed by atoms with E-state index in [-0.39, 0.29) is 16.5 Å². The highest BCUT2D eigenvalue weighted by Crippen LogP contribution is 2.26. The minimum atomic E-state index is -3.40. The average Bonchev–Trinajstić information content (AvgIpc) is 2.69. The van der Waals surface area contributed by atoms with Gasteiger partial charge >= 0.3 is 0 Å². The molecule has 2 rings (SSSR count). The van der Waals surface area contributed by atoms with Crippen molar-refractivity contribution in [1.82, 2.24) is 0 Å². The van der Waals surface area contributed by atoms with Crippen molar-refractivity contribution in [2.75, 3.05) is 17.3 Å². The Bertz CT molecular complexity index is 744. The molecule has 0 spiro atoms. The van der Waals surface area contributed by atoms with Crippen molar-refractivity contribution in [2.45, 2.75) is 11.8 Å². The highest BCUT2D eigenvalue weighted by atomic mass is 32.2. The Morgan fingerprint density at radius 1 is 1.30 bits per heavy atom. The van der Waals surface area contributed by atoms with Crippen LogP contribution in [0, 0.1) is 6.92 Å². The van der Waals surface area contributed by atoms with Crippen LogP contribution in [0.2, 0.25) is 0 Å². The van der Waals surface area contributed by atoms with E-state index >= 15 is 0 Å². The molecule has 0 bridgehead atoms. The van der Waals surface area contributed by atoms with Gasteiger partial charge in [-0.1, -0.05) is 12.1 Å². The first-order chi connectivity index (χ1) is 9.29. The third-order valence-electron chi connectivity index (χ3n) is 2.71. The molecule has 1 aromatic heterocycles. The summed E-state index contributed by atoms with van der Waals surface area (Å²) in [5.74, 6) is -0.370. The van der Waals surface area contributed by atoms with Crippen molar-refractivity contribution in [3.8, 4) is 0 Å². The average molecular weight is 310 g/mol. The van der Waals surface area contributed by atoms with Gasteiger partial charge in [0.15, 0.2) is 9.84 Å². The highest BCUT2D eigenvalue weighted by Gasteiger charge is 2.16. The molecule has 7 heteroatoms. The minimum absolute atomic E-state index is 0.0922. The standard InChI is InChI=1S/C13H14N2O3S2/c1-8-9(14)7-11(19-8)13(16)15-10-5-3-4-6-12(10)20(2,17)18/h3-7H,14H2,1-2H3,(H,15,16). The lowest BCUT2D eigenvalue weighted by molar-refractivity contribution is 0.103. The Balaban J connectivity index is 2.33. The molecule has 0 saturated heterocycles. The molecule has 1 aromatic carbocycles. The number of thiophene rings is 1. The molecule has 106 valence electrons. The van der Waals surface area contributed by atoms with Gasteiger partial charge in [-0.15, -0.1) is 11.3 Å². The van der Waals surface area contributed by atoms with Gasteiger partial charge in [0, 0.05) is 16.8 Å². The van der Waals surface area contributed by atoms with Crippen molar-refractivity contribution in [3.05, 3.63) is 40.1 Å². The van der Waals surface area contributed by atoms with E-state index in [4.69, 9.17) is 5.73 Å². The van der Waals surface area contributed by atoms with E-state index in [1.807, 2.05) is 6.92 Å². The molecule has 1 amide bonds. The number of nitrogens with one attached hydrogen (secondary N) is 1. The Morgan fingerprint density at radius 3 is 2.50 bits per heavy atom. The summed E-state index contributed by atoms with van der Waals surface area (Å²) in [7, 11) is -3.40. The van der Waals surface area contributed by atoms with Gasteiger partial charge < -0.3 is 11.1 Å². The SMILES string of the molecule is Cc1sc(C(=O)Nc2ccccc2S(C)(=O)=O)cc1N. The van der Waals surface area contributed by atoms with Gasteiger partial charge in [-0.05, 0) is 25.1 Å². The van der Waals surface area contributed by atoms with Crippen molar-refractivity contribution in [1.29, 1.82) is 0 Å². The highest BCUT2D eigenvalue weighted by molar-refractivity contribution is 7.90. The van der Waals surface area contributed by atoms with Crippen LogP contribution in [0.25, 0.3) is 0 Å². The number of sulfone groups is 1. The van der Waals surface area contributed by atoms with Gasteiger partial charge in [0.25, 0.3) is 5.91 Å². The van der Waals surface area contributed by atoms with Crippen LogP contribution >= 0.6 is 11.3 Å². The van der Waals surface area contributed by atoms with E-state index in [1.54, 1.807) is 24.3 Å². The van der Waals surface area contributed by atoms with Crippen LogP contribution in [0.4, 0.5) is 11.4 Å². The molecule has 0 fully saturated rings. The third-order valence-corrected chi connectivity index (χ3v) is 4.93. The molecular weight excluding hydrogens is 296 g/mol. The first-order valence-corrected chi connectivity index (χ1v) is 8.46. The van der Waals surface area contributed by atoms with Gasteiger partial charge in [-0.25, -0.2) is 8.42 Å². The number of amides is 1.